The van der Waals surface area contributed by atoms with E-state index in [1.54, 1.807) is 18.9 Å². The molecule has 0 saturated carbocycles. The van der Waals surface area contributed by atoms with Crippen molar-refractivity contribution in [1.29, 1.82) is 0 Å². The van der Waals surface area contributed by atoms with Crippen molar-refractivity contribution in [1.82, 2.24) is 10.2 Å². The molecule has 164 valence electrons. The van der Waals surface area contributed by atoms with Crippen LogP contribution in [0.25, 0.3) is 0 Å². The van der Waals surface area contributed by atoms with Crippen LogP contribution in [0.1, 0.15) is 41.3 Å². The monoisotopic (exact) mass is 421 g/mol. The van der Waals surface area contributed by atoms with E-state index in [-0.39, 0.29) is 11.8 Å². The van der Waals surface area contributed by atoms with Gasteiger partial charge in [-0.3, -0.25) is 14.5 Å². The van der Waals surface area contributed by atoms with Crippen LogP contribution in [0.3, 0.4) is 0 Å². The lowest BCUT2D eigenvalue weighted by Gasteiger charge is -2.32. The molecule has 6 nitrogen and oxygen atoms in total. The molecule has 2 aliphatic heterocycles. The number of rotatable bonds is 6. The van der Waals surface area contributed by atoms with Gasteiger partial charge in [-0.05, 0) is 79.7 Å². The van der Waals surface area contributed by atoms with E-state index in [1.165, 1.54) is 5.56 Å². The molecule has 0 unspecified atom stereocenters. The zero-order valence-corrected chi connectivity index (χ0v) is 18.4. The molecule has 0 aliphatic carbocycles. The number of likely N-dealkylation sites (tertiary alicyclic amines) is 1. The Labute approximate surface area is 184 Å². The first-order chi connectivity index (χ1) is 15.0. The van der Waals surface area contributed by atoms with Gasteiger partial charge in [0.15, 0.2) is 0 Å². The summed E-state index contributed by atoms with van der Waals surface area (Å²) in [5, 5.41) is 3.12. The van der Waals surface area contributed by atoms with Gasteiger partial charge in [0.2, 0.25) is 5.91 Å². The second kappa shape index (κ2) is 9.52. The summed E-state index contributed by atoms with van der Waals surface area (Å²) in [5.41, 5.74) is 4.00. The number of nitrogens with one attached hydrogen (secondary N) is 1. The van der Waals surface area contributed by atoms with E-state index < -0.39 is 0 Å². The minimum atomic E-state index is -0.0234. The van der Waals surface area contributed by atoms with Crippen molar-refractivity contribution in [2.75, 3.05) is 38.2 Å². The number of benzene rings is 2. The third kappa shape index (κ3) is 5.07. The van der Waals surface area contributed by atoms with Crippen molar-refractivity contribution in [2.45, 2.75) is 32.7 Å². The molecule has 2 amide bonds. The average molecular weight is 422 g/mol. The molecule has 0 radical (unpaired) electrons. The van der Waals surface area contributed by atoms with Gasteiger partial charge < -0.3 is 15.0 Å². The SMILES string of the molecule is COc1ccc(CN2CCC(CNC(=O)c3ccc4c(c3)CCN4C(C)=O)CC2)cc1. The number of nitrogens with zero attached hydrogens (tertiary/aromatic N) is 2. The van der Waals surface area contributed by atoms with E-state index in [9.17, 15) is 9.59 Å². The van der Waals surface area contributed by atoms with Crippen LogP contribution < -0.4 is 15.0 Å². The highest BCUT2D eigenvalue weighted by Crippen LogP contribution is 2.29. The molecule has 31 heavy (non-hydrogen) atoms. The van der Waals surface area contributed by atoms with Crippen molar-refractivity contribution in [2.24, 2.45) is 5.92 Å². The molecule has 6 heteroatoms. The lowest BCUT2D eigenvalue weighted by molar-refractivity contribution is -0.116. The number of amides is 2. The highest BCUT2D eigenvalue weighted by molar-refractivity contribution is 5.97. The summed E-state index contributed by atoms with van der Waals surface area (Å²) >= 11 is 0. The summed E-state index contributed by atoms with van der Waals surface area (Å²) < 4.78 is 5.22. The fourth-order valence-corrected chi connectivity index (χ4v) is 4.55. The van der Waals surface area contributed by atoms with Gasteiger partial charge in [0, 0.05) is 37.8 Å². The standard InChI is InChI=1S/C25H31N3O3/c1-18(29)28-14-11-21-15-22(5-8-24(21)28)25(30)26-16-19-9-12-27(13-10-19)17-20-3-6-23(31-2)7-4-20/h3-8,15,19H,9-14,16-17H2,1-2H3,(H,26,30). The number of hydrogen-bond acceptors (Lipinski definition) is 4. The predicted octanol–water partition coefficient (Wildman–Crippen LogP) is 3.25. The summed E-state index contributed by atoms with van der Waals surface area (Å²) in [5.74, 6) is 1.43. The fraction of sp³-hybridized carbons (Fsp3) is 0.440. The third-order valence-electron chi connectivity index (χ3n) is 6.44. The Kier molecular flexibility index (Phi) is 6.56. The number of carbonyl (C=O) groups is 2. The lowest BCUT2D eigenvalue weighted by Crippen LogP contribution is -2.38. The Morgan fingerprint density at radius 2 is 1.81 bits per heavy atom. The highest BCUT2D eigenvalue weighted by atomic mass is 16.5. The molecule has 0 aromatic heterocycles. The fourth-order valence-electron chi connectivity index (χ4n) is 4.55. The maximum atomic E-state index is 12.6. The summed E-state index contributed by atoms with van der Waals surface area (Å²) in [4.78, 5) is 28.6. The lowest BCUT2D eigenvalue weighted by atomic mass is 9.96. The number of carbonyl (C=O) groups excluding carboxylic acids is 2. The first-order valence-electron chi connectivity index (χ1n) is 11.1. The Bertz CT molecular complexity index is 934. The summed E-state index contributed by atoms with van der Waals surface area (Å²) in [7, 11) is 1.69. The molecule has 1 saturated heterocycles. The van der Waals surface area contributed by atoms with Gasteiger partial charge in [0.1, 0.15) is 5.75 Å². The Hall–Kier alpha value is -2.86. The second-order valence-electron chi connectivity index (χ2n) is 8.54. The zero-order valence-electron chi connectivity index (χ0n) is 18.4. The molecule has 0 bridgehead atoms. The van der Waals surface area contributed by atoms with Gasteiger partial charge in [0.25, 0.3) is 5.91 Å². The highest BCUT2D eigenvalue weighted by Gasteiger charge is 2.24. The van der Waals surface area contributed by atoms with Gasteiger partial charge in [-0.2, -0.15) is 0 Å². The maximum absolute atomic E-state index is 12.6. The van der Waals surface area contributed by atoms with Crippen molar-refractivity contribution >= 4 is 17.5 Å². The van der Waals surface area contributed by atoms with E-state index in [0.29, 0.717) is 24.6 Å². The van der Waals surface area contributed by atoms with E-state index in [0.717, 1.165) is 55.9 Å². The van der Waals surface area contributed by atoms with Crippen molar-refractivity contribution in [3.63, 3.8) is 0 Å². The van der Waals surface area contributed by atoms with Crippen LogP contribution in [0.5, 0.6) is 5.75 Å². The van der Waals surface area contributed by atoms with Crippen LogP contribution in [0.2, 0.25) is 0 Å². The van der Waals surface area contributed by atoms with Crippen LogP contribution in [0.15, 0.2) is 42.5 Å². The average Bonchev–Trinajstić information content (AvgIpc) is 3.22. The molecular weight excluding hydrogens is 390 g/mol. The number of piperidine rings is 1. The Morgan fingerprint density at radius 1 is 1.06 bits per heavy atom. The summed E-state index contributed by atoms with van der Waals surface area (Å²) in [6.07, 6.45) is 2.99. The number of methoxy groups -OCH3 is 1. The second-order valence-corrected chi connectivity index (χ2v) is 8.54. The predicted molar refractivity (Wildman–Crippen MR) is 122 cm³/mol. The first-order valence-corrected chi connectivity index (χ1v) is 11.1. The zero-order chi connectivity index (χ0) is 21.8. The molecule has 1 fully saturated rings. The van der Waals surface area contributed by atoms with Crippen LogP contribution >= 0.6 is 0 Å². The van der Waals surface area contributed by atoms with Gasteiger partial charge >= 0.3 is 0 Å². The first kappa shape index (κ1) is 21.4. The van der Waals surface area contributed by atoms with E-state index in [1.807, 2.05) is 30.3 Å². The third-order valence-corrected chi connectivity index (χ3v) is 6.44. The number of ether oxygens (including phenoxy) is 1. The van der Waals surface area contributed by atoms with Crippen molar-refractivity contribution < 1.29 is 14.3 Å². The minimum Gasteiger partial charge on any atom is -0.497 e. The Morgan fingerprint density at radius 3 is 2.48 bits per heavy atom. The molecule has 0 atom stereocenters. The van der Waals surface area contributed by atoms with Gasteiger partial charge in [-0.25, -0.2) is 0 Å². The maximum Gasteiger partial charge on any atom is 0.251 e. The molecular formula is C25H31N3O3. The van der Waals surface area contributed by atoms with Crippen LogP contribution in [-0.4, -0.2) is 50.0 Å². The Balaban J connectivity index is 1.23. The summed E-state index contributed by atoms with van der Waals surface area (Å²) in [6, 6.07) is 13.9. The smallest absolute Gasteiger partial charge is 0.251 e. The van der Waals surface area contributed by atoms with Crippen molar-refractivity contribution in [3.05, 3.63) is 59.2 Å². The normalized spacial score (nSPS) is 16.8. The molecule has 4 rings (SSSR count). The molecule has 0 spiro atoms. The van der Waals surface area contributed by atoms with Gasteiger partial charge in [-0.1, -0.05) is 12.1 Å². The molecule has 1 N–H and O–H groups in total. The number of fused-ring (bicyclic) bond motifs is 1. The summed E-state index contributed by atoms with van der Waals surface area (Å²) in [6.45, 7) is 6.04. The van der Waals surface area contributed by atoms with Crippen molar-refractivity contribution in [3.8, 4) is 5.75 Å². The number of hydrogen-bond donors (Lipinski definition) is 1. The quantitative estimate of drug-likeness (QED) is 0.778. The van der Waals surface area contributed by atoms with Gasteiger partial charge in [-0.15, -0.1) is 0 Å². The largest absolute Gasteiger partial charge is 0.497 e. The topological polar surface area (TPSA) is 61.9 Å². The number of anilines is 1. The van der Waals surface area contributed by atoms with E-state index in [4.69, 9.17) is 4.74 Å². The van der Waals surface area contributed by atoms with Gasteiger partial charge in [0.05, 0.1) is 7.11 Å². The van der Waals surface area contributed by atoms with E-state index >= 15 is 0 Å². The van der Waals surface area contributed by atoms with E-state index in [2.05, 4.69) is 22.3 Å². The molecule has 2 aromatic rings. The van der Waals surface area contributed by atoms with Crippen LogP contribution in [-0.2, 0) is 17.8 Å². The van der Waals surface area contributed by atoms with Crippen LogP contribution in [0, 0.1) is 5.92 Å². The van der Waals surface area contributed by atoms with Crippen LogP contribution in [0.4, 0.5) is 5.69 Å². The minimum absolute atomic E-state index is 0.0234. The molecule has 2 aliphatic rings. The molecule has 2 aromatic carbocycles. The molecule has 2 heterocycles.